The lowest BCUT2D eigenvalue weighted by molar-refractivity contribution is 0.918. The van der Waals surface area contributed by atoms with E-state index in [4.69, 9.17) is 5.10 Å². The van der Waals surface area contributed by atoms with E-state index in [2.05, 4.69) is 211 Å². The molecule has 11 rings (SSSR count). The summed E-state index contributed by atoms with van der Waals surface area (Å²) in [6.07, 6.45) is 0. The summed E-state index contributed by atoms with van der Waals surface area (Å²) in [5.41, 5.74) is 11.4. The normalized spacial score (nSPS) is 11.6. The van der Waals surface area contributed by atoms with Crippen molar-refractivity contribution in [3.8, 4) is 50.3 Å². The quantitative estimate of drug-likeness (QED) is 0.164. The van der Waals surface area contributed by atoms with E-state index >= 15 is 0 Å². The Labute approximate surface area is 319 Å². The number of aromatic nitrogens is 2. The van der Waals surface area contributed by atoms with Crippen LogP contribution in [-0.2, 0) is 0 Å². The molecule has 0 saturated heterocycles. The van der Waals surface area contributed by atoms with Crippen LogP contribution >= 0.6 is 0 Å². The third-order valence-electron chi connectivity index (χ3n) is 11.2. The van der Waals surface area contributed by atoms with E-state index in [0.29, 0.717) is 0 Å². The minimum Gasteiger partial charge on any atom is -0.232 e. The van der Waals surface area contributed by atoms with Gasteiger partial charge >= 0.3 is 0 Å². The van der Waals surface area contributed by atoms with Crippen LogP contribution in [0.15, 0.2) is 206 Å². The van der Waals surface area contributed by atoms with Crippen LogP contribution in [0.25, 0.3) is 104 Å². The van der Waals surface area contributed by atoms with Gasteiger partial charge in [0, 0.05) is 16.3 Å². The minimum atomic E-state index is 0.973. The van der Waals surface area contributed by atoms with E-state index in [9.17, 15) is 0 Å². The van der Waals surface area contributed by atoms with Crippen molar-refractivity contribution in [2.45, 2.75) is 0 Å². The van der Waals surface area contributed by atoms with E-state index in [-0.39, 0.29) is 0 Å². The van der Waals surface area contributed by atoms with Crippen LogP contribution in [0.5, 0.6) is 0 Å². The molecular weight excluding hydrogens is 665 g/mol. The van der Waals surface area contributed by atoms with Crippen LogP contribution in [0, 0.1) is 0 Å². The maximum Gasteiger partial charge on any atom is 0.101 e. The van der Waals surface area contributed by atoms with Gasteiger partial charge in [-0.05, 0) is 95.3 Å². The van der Waals surface area contributed by atoms with Gasteiger partial charge in [-0.2, -0.15) is 5.10 Å². The van der Waals surface area contributed by atoms with Gasteiger partial charge in [-0.1, -0.05) is 182 Å². The molecule has 0 spiro atoms. The molecule has 0 fully saturated rings. The molecule has 0 unspecified atom stereocenters. The van der Waals surface area contributed by atoms with Crippen molar-refractivity contribution in [1.29, 1.82) is 0 Å². The average Bonchev–Trinajstić information content (AvgIpc) is 3.67. The van der Waals surface area contributed by atoms with Crippen LogP contribution in [0.1, 0.15) is 0 Å². The second kappa shape index (κ2) is 12.7. The second-order valence-corrected chi connectivity index (χ2v) is 14.3. The summed E-state index contributed by atoms with van der Waals surface area (Å²) in [4.78, 5) is 0. The molecule has 0 aliphatic rings. The van der Waals surface area contributed by atoms with E-state index in [1.54, 1.807) is 0 Å². The molecule has 0 saturated carbocycles. The van der Waals surface area contributed by atoms with Crippen LogP contribution in [0.3, 0.4) is 0 Å². The van der Waals surface area contributed by atoms with E-state index < -0.39 is 0 Å². The Hall–Kier alpha value is -7.29. The Morgan fingerprint density at radius 1 is 0.327 bits per heavy atom. The van der Waals surface area contributed by atoms with Gasteiger partial charge in [0.15, 0.2) is 0 Å². The SMILES string of the molecule is c1ccc(-c2cc3ccccc3c3c2c(-c2ccccc2)nn3-c2cccc(-c3c4ccccc4c(-c4ccc5ccccc5c4)c4ccccc34)c2)cc1. The summed E-state index contributed by atoms with van der Waals surface area (Å²) in [6.45, 7) is 0. The van der Waals surface area contributed by atoms with Gasteiger partial charge in [-0.3, -0.25) is 0 Å². The molecule has 1 heterocycles. The largest absolute Gasteiger partial charge is 0.232 e. The molecule has 0 bridgehead atoms. The Morgan fingerprint density at radius 2 is 0.836 bits per heavy atom. The van der Waals surface area contributed by atoms with Gasteiger partial charge in [0.25, 0.3) is 0 Å². The molecule has 55 heavy (non-hydrogen) atoms. The number of hydrogen-bond donors (Lipinski definition) is 0. The van der Waals surface area contributed by atoms with Gasteiger partial charge in [-0.25, -0.2) is 4.68 Å². The predicted molar refractivity (Wildman–Crippen MR) is 233 cm³/mol. The Kier molecular flexibility index (Phi) is 7.21. The molecule has 0 aliphatic carbocycles. The lowest BCUT2D eigenvalue weighted by Gasteiger charge is -2.18. The predicted octanol–water partition coefficient (Wildman–Crippen LogP) is 14.3. The molecule has 10 aromatic carbocycles. The fraction of sp³-hybridized carbons (Fsp3) is 0. The fourth-order valence-corrected chi connectivity index (χ4v) is 8.71. The molecule has 0 N–H and O–H groups in total. The summed E-state index contributed by atoms with van der Waals surface area (Å²) in [5, 5.41) is 16.5. The average molecular weight is 699 g/mol. The fourth-order valence-electron chi connectivity index (χ4n) is 8.71. The Morgan fingerprint density at radius 3 is 1.49 bits per heavy atom. The smallest absolute Gasteiger partial charge is 0.101 e. The highest BCUT2D eigenvalue weighted by Gasteiger charge is 2.22. The summed E-state index contributed by atoms with van der Waals surface area (Å²) in [6, 6.07) is 74.6. The van der Waals surface area contributed by atoms with Crippen molar-refractivity contribution in [1.82, 2.24) is 9.78 Å². The van der Waals surface area contributed by atoms with Crippen LogP contribution in [-0.4, -0.2) is 9.78 Å². The first-order valence-corrected chi connectivity index (χ1v) is 18.9. The van der Waals surface area contributed by atoms with Crippen molar-refractivity contribution in [3.05, 3.63) is 206 Å². The highest BCUT2D eigenvalue weighted by Crippen LogP contribution is 2.46. The summed E-state index contributed by atoms with van der Waals surface area (Å²) >= 11 is 0. The topological polar surface area (TPSA) is 17.8 Å². The van der Waals surface area contributed by atoms with Crippen molar-refractivity contribution in [2.75, 3.05) is 0 Å². The van der Waals surface area contributed by atoms with E-state index in [1.165, 1.54) is 70.9 Å². The lowest BCUT2D eigenvalue weighted by Crippen LogP contribution is -1.98. The zero-order valence-corrected chi connectivity index (χ0v) is 30.0. The standard InChI is InChI=1S/C53H34N2/c1-3-17-36(18-4-1)48-34-39-22-9-10-25-43(39)53-51(48)52(37-19-5-2-6-20-37)54-55(53)42-24-15-23-40(33-42)49-44-26-11-13-28-46(44)50(47-29-14-12-27-45(47)49)41-31-30-35-16-7-8-21-38(35)32-41/h1-34H. The monoisotopic (exact) mass is 698 g/mol. The maximum absolute atomic E-state index is 5.52. The first kappa shape index (κ1) is 31.3. The van der Waals surface area contributed by atoms with Crippen molar-refractivity contribution < 1.29 is 0 Å². The molecule has 2 nitrogen and oxygen atoms in total. The van der Waals surface area contributed by atoms with Crippen LogP contribution in [0.4, 0.5) is 0 Å². The summed E-state index contributed by atoms with van der Waals surface area (Å²) in [7, 11) is 0. The van der Waals surface area contributed by atoms with Crippen LogP contribution in [0.2, 0.25) is 0 Å². The molecule has 256 valence electrons. The second-order valence-electron chi connectivity index (χ2n) is 14.3. The zero-order valence-electron chi connectivity index (χ0n) is 30.0. The number of rotatable bonds is 5. The molecule has 2 heteroatoms. The van der Waals surface area contributed by atoms with E-state index in [0.717, 1.165) is 33.4 Å². The van der Waals surface area contributed by atoms with Gasteiger partial charge in [-0.15, -0.1) is 0 Å². The Balaban J connectivity index is 1.20. The first-order valence-electron chi connectivity index (χ1n) is 18.9. The highest BCUT2D eigenvalue weighted by molar-refractivity contribution is 6.22. The number of fused-ring (bicyclic) bond motifs is 6. The van der Waals surface area contributed by atoms with Gasteiger partial charge in [0.1, 0.15) is 5.69 Å². The molecule has 0 aliphatic heterocycles. The molecule has 0 atom stereocenters. The molecule has 0 radical (unpaired) electrons. The summed E-state index contributed by atoms with van der Waals surface area (Å²) < 4.78 is 2.18. The number of nitrogens with zero attached hydrogens (tertiary/aromatic N) is 2. The van der Waals surface area contributed by atoms with Crippen molar-refractivity contribution in [3.63, 3.8) is 0 Å². The van der Waals surface area contributed by atoms with Gasteiger partial charge < -0.3 is 0 Å². The third-order valence-corrected chi connectivity index (χ3v) is 11.2. The molecule has 0 amide bonds. The van der Waals surface area contributed by atoms with E-state index in [1.807, 2.05) is 0 Å². The minimum absolute atomic E-state index is 0.973. The van der Waals surface area contributed by atoms with Crippen LogP contribution < -0.4 is 0 Å². The first-order chi connectivity index (χ1) is 27.3. The summed E-state index contributed by atoms with van der Waals surface area (Å²) in [5.74, 6) is 0. The molecule has 11 aromatic rings. The van der Waals surface area contributed by atoms with Crippen molar-refractivity contribution >= 4 is 54.0 Å². The van der Waals surface area contributed by atoms with Gasteiger partial charge in [0.05, 0.1) is 11.2 Å². The third kappa shape index (κ3) is 5.07. The Bertz CT molecular complexity index is 3190. The lowest BCUT2D eigenvalue weighted by atomic mass is 9.85. The molecular formula is C53H34N2. The van der Waals surface area contributed by atoms with Gasteiger partial charge in [0.2, 0.25) is 0 Å². The number of hydrogen-bond acceptors (Lipinski definition) is 1. The van der Waals surface area contributed by atoms with Crippen molar-refractivity contribution in [2.24, 2.45) is 0 Å². The number of benzene rings is 10. The maximum atomic E-state index is 5.52. The molecule has 1 aromatic heterocycles. The highest BCUT2D eigenvalue weighted by atomic mass is 15.3. The zero-order chi connectivity index (χ0) is 36.3.